The fourth-order valence-corrected chi connectivity index (χ4v) is 5.80. The Kier molecular flexibility index (Phi) is 4.29. The lowest BCUT2D eigenvalue weighted by molar-refractivity contribution is 0.659. The minimum Gasteiger partial charge on any atom is -0.139 e. The molecule has 2 heteroatoms. The highest BCUT2D eigenvalue weighted by Gasteiger charge is 2.33. The molecule has 0 amide bonds. The molecule has 0 atom stereocenters. The third-order valence-electron chi connectivity index (χ3n) is 4.50. The molecular weight excluding hydrogens is 292 g/mol. The van der Waals surface area contributed by atoms with Crippen molar-refractivity contribution >= 4 is 22.7 Å². The summed E-state index contributed by atoms with van der Waals surface area (Å²) >= 11 is 4.09. The highest BCUT2D eigenvalue weighted by molar-refractivity contribution is 7.22. The van der Waals surface area contributed by atoms with Crippen molar-refractivity contribution in [2.24, 2.45) is 0 Å². The quantitative estimate of drug-likeness (QED) is 0.540. The normalized spacial score (nSPS) is 14.2. The maximum atomic E-state index is 2.51. The van der Waals surface area contributed by atoms with Gasteiger partial charge in [-0.05, 0) is 41.5 Å². The van der Waals surface area contributed by atoms with Gasteiger partial charge in [-0.2, -0.15) is 0 Å². The average molecular weight is 319 g/mol. The number of hydrogen-bond acceptors (Lipinski definition) is 2. The molecule has 0 bridgehead atoms. The van der Waals surface area contributed by atoms with Gasteiger partial charge in [0.15, 0.2) is 0 Å². The molecule has 0 saturated heterocycles. The van der Waals surface area contributed by atoms with Crippen molar-refractivity contribution in [3.8, 4) is 9.75 Å². The molecule has 3 rings (SSSR count). The van der Waals surface area contributed by atoms with Crippen LogP contribution in [0.5, 0.6) is 0 Å². The van der Waals surface area contributed by atoms with Gasteiger partial charge in [0, 0.05) is 25.4 Å². The monoisotopic (exact) mass is 318 g/mol. The second-order valence-corrected chi connectivity index (χ2v) is 9.04. The van der Waals surface area contributed by atoms with Crippen LogP contribution in [-0.2, 0) is 0 Å². The summed E-state index contributed by atoms with van der Waals surface area (Å²) in [5.41, 5.74) is 3.27. The second kappa shape index (κ2) is 5.89. The molecule has 0 radical (unpaired) electrons. The SMILES string of the molecule is CCCCC1c2cc(C(C)C)sc2-c2sc(C(C)C)cc21. The van der Waals surface area contributed by atoms with Crippen LogP contribution in [0.1, 0.15) is 92.5 Å². The zero-order valence-electron chi connectivity index (χ0n) is 13.8. The van der Waals surface area contributed by atoms with Crippen molar-refractivity contribution < 1.29 is 0 Å². The van der Waals surface area contributed by atoms with E-state index >= 15 is 0 Å². The minimum atomic E-state index is 0.653. The number of hydrogen-bond donors (Lipinski definition) is 0. The molecular formula is C19H26S2. The maximum absolute atomic E-state index is 2.51. The number of thiophene rings is 2. The average Bonchev–Trinajstić information content (AvgIpc) is 3.06. The summed E-state index contributed by atoms with van der Waals surface area (Å²) in [5, 5.41) is 0. The van der Waals surface area contributed by atoms with Gasteiger partial charge in [-0.1, -0.05) is 47.5 Å². The minimum absolute atomic E-state index is 0.653. The molecule has 21 heavy (non-hydrogen) atoms. The third kappa shape index (κ3) is 2.61. The zero-order valence-corrected chi connectivity index (χ0v) is 15.5. The third-order valence-corrected chi connectivity index (χ3v) is 7.57. The molecule has 1 aliphatic carbocycles. The van der Waals surface area contributed by atoms with Crippen LogP contribution in [0.2, 0.25) is 0 Å². The zero-order chi connectivity index (χ0) is 15.1. The molecule has 2 aromatic heterocycles. The fourth-order valence-electron chi connectivity index (χ4n) is 3.18. The van der Waals surface area contributed by atoms with E-state index in [1.54, 1.807) is 30.6 Å². The molecule has 114 valence electrons. The Balaban J connectivity index is 2.06. The molecule has 0 nitrogen and oxygen atoms in total. The summed E-state index contributed by atoms with van der Waals surface area (Å²) < 4.78 is 0. The Hall–Kier alpha value is -0.600. The van der Waals surface area contributed by atoms with Crippen molar-refractivity contribution in [1.82, 2.24) is 0 Å². The topological polar surface area (TPSA) is 0 Å². The van der Waals surface area contributed by atoms with Crippen LogP contribution in [0.3, 0.4) is 0 Å². The van der Waals surface area contributed by atoms with E-state index in [-0.39, 0.29) is 0 Å². The van der Waals surface area contributed by atoms with Crippen LogP contribution >= 0.6 is 22.7 Å². The van der Waals surface area contributed by atoms with Crippen molar-refractivity contribution in [2.75, 3.05) is 0 Å². The Morgan fingerprint density at radius 3 is 1.76 bits per heavy atom. The highest BCUT2D eigenvalue weighted by atomic mass is 32.1. The van der Waals surface area contributed by atoms with Crippen LogP contribution < -0.4 is 0 Å². The van der Waals surface area contributed by atoms with Gasteiger partial charge in [-0.25, -0.2) is 0 Å². The van der Waals surface area contributed by atoms with Crippen LogP contribution in [0.4, 0.5) is 0 Å². The predicted octanol–water partition coefficient (Wildman–Crippen LogP) is 7.36. The van der Waals surface area contributed by atoms with Crippen LogP contribution in [0, 0.1) is 0 Å². The van der Waals surface area contributed by atoms with Gasteiger partial charge < -0.3 is 0 Å². The fraction of sp³-hybridized carbons (Fsp3) is 0.579. The van der Waals surface area contributed by atoms with E-state index in [1.807, 2.05) is 22.7 Å². The first-order valence-corrected chi connectivity index (χ1v) is 9.93. The van der Waals surface area contributed by atoms with E-state index in [0.29, 0.717) is 17.8 Å². The molecule has 2 heterocycles. The number of fused-ring (bicyclic) bond motifs is 3. The molecule has 0 aromatic carbocycles. The first-order chi connectivity index (χ1) is 10.0. The van der Waals surface area contributed by atoms with Crippen LogP contribution in [-0.4, -0.2) is 0 Å². The molecule has 0 unspecified atom stereocenters. The Morgan fingerprint density at radius 1 is 0.905 bits per heavy atom. The Bertz CT molecular complexity index is 576. The molecule has 1 aliphatic rings. The van der Waals surface area contributed by atoms with Gasteiger partial charge in [0.2, 0.25) is 0 Å². The summed E-state index contributed by atoms with van der Waals surface area (Å²) in [7, 11) is 0. The summed E-state index contributed by atoms with van der Waals surface area (Å²) in [5.74, 6) is 1.98. The van der Waals surface area contributed by atoms with E-state index in [1.165, 1.54) is 19.3 Å². The highest BCUT2D eigenvalue weighted by Crippen LogP contribution is 2.55. The Morgan fingerprint density at radius 2 is 1.38 bits per heavy atom. The van der Waals surface area contributed by atoms with Gasteiger partial charge in [0.1, 0.15) is 0 Å². The van der Waals surface area contributed by atoms with E-state index < -0.39 is 0 Å². The number of unbranched alkanes of at least 4 members (excludes halogenated alkanes) is 1. The summed E-state index contributed by atoms with van der Waals surface area (Å²) in [4.78, 5) is 6.30. The first kappa shape index (κ1) is 15.3. The van der Waals surface area contributed by atoms with Crippen molar-refractivity contribution in [3.05, 3.63) is 33.0 Å². The van der Waals surface area contributed by atoms with Crippen molar-refractivity contribution in [1.29, 1.82) is 0 Å². The smallest absolute Gasteiger partial charge is 0.0486 e. The lowest BCUT2D eigenvalue weighted by atomic mass is 9.92. The summed E-state index contributed by atoms with van der Waals surface area (Å²) in [6.07, 6.45) is 3.95. The van der Waals surface area contributed by atoms with E-state index in [2.05, 4.69) is 46.8 Å². The van der Waals surface area contributed by atoms with Crippen LogP contribution in [0.15, 0.2) is 12.1 Å². The van der Waals surface area contributed by atoms with Gasteiger partial charge >= 0.3 is 0 Å². The van der Waals surface area contributed by atoms with Gasteiger partial charge in [-0.3, -0.25) is 0 Å². The van der Waals surface area contributed by atoms with Crippen molar-refractivity contribution in [3.63, 3.8) is 0 Å². The van der Waals surface area contributed by atoms with E-state index in [9.17, 15) is 0 Å². The molecule has 0 fully saturated rings. The predicted molar refractivity (Wildman–Crippen MR) is 97.2 cm³/mol. The van der Waals surface area contributed by atoms with Crippen molar-refractivity contribution in [2.45, 2.75) is 71.6 Å². The van der Waals surface area contributed by atoms with E-state index in [4.69, 9.17) is 0 Å². The van der Waals surface area contributed by atoms with Gasteiger partial charge in [-0.15, -0.1) is 22.7 Å². The molecule has 2 aromatic rings. The Labute approximate surface area is 137 Å². The lowest BCUT2D eigenvalue weighted by Gasteiger charge is -2.11. The molecule has 0 spiro atoms. The maximum Gasteiger partial charge on any atom is 0.0486 e. The van der Waals surface area contributed by atoms with Crippen LogP contribution in [0.25, 0.3) is 9.75 Å². The van der Waals surface area contributed by atoms with Gasteiger partial charge in [0.25, 0.3) is 0 Å². The lowest BCUT2D eigenvalue weighted by Crippen LogP contribution is -1.96. The summed E-state index contributed by atoms with van der Waals surface area (Å²) in [6.45, 7) is 11.6. The molecule has 0 saturated carbocycles. The van der Waals surface area contributed by atoms with E-state index in [0.717, 1.165) is 0 Å². The summed E-state index contributed by atoms with van der Waals surface area (Å²) in [6, 6.07) is 5.01. The molecule has 0 aliphatic heterocycles. The number of rotatable bonds is 5. The first-order valence-electron chi connectivity index (χ1n) is 8.30. The largest absolute Gasteiger partial charge is 0.139 e. The van der Waals surface area contributed by atoms with Gasteiger partial charge in [0.05, 0.1) is 0 Å². The standard InChI is InChI=1S/C19H26S2/c1-6-7-8-13-14-9-16(11(2)3)20-18(14)19-15(13)10-17(21-19)12(4)5/h9-13H,6-8H2,1-5H3. The molecule has 0 N–H and O–H groups in total. The second-order valence-electron chi connectivity index (χ2n) is 6.87.